The molecule has 0 amide bonds. The number of nitrogens with zero attached hydrogens (tertiary/aromatic N) is 4. The number of aromatic nitrogens is 2. The van der Waals surface area contributed by atoms with Crippen molar-refractivity contribution in [2.75, 3.05) is 11.9 Å². The van der Waals surface area contributed by atoms with Gasteiger partial charge >= 0.3 is 0 Å². The molecule has 6 nitrogen and oxygen atoms in total. The lowest BCUT2D eigenvalue weighted by molar-refractivity contribution is 0.107. The molecule has 27 heavy (non-hydrogen) atoms. The molecule has 0 aliphatic carbocycles. The van der Waals surface area contributed by atoms with Gasteiger partial charge in [0.05, 0.1) is 23.4 Å². The van der Waals surface area contributed by atoms with Crippen LogP contribution in [0.15, 0.2) is 30.3 Å². The van der Waals surface area contributed by atoms with Crippen LogP contribution in [0.25, 0.3) is 11.3 Å². The normalized spacial score (nSPS) is 27.0. The van der Waals surface area contributed by atoms with E-state index in [2.05, 4.69) is 15.5 Å². The number of aromatic hydroxyl groups is 1. The van der Waals surface area contributed by atoms with E-state index in [1.54, 1.807) is 24.3 Å². The van der Waals surface area contributed by atoms with Gasteiger partial charge in [0.25, 0.3) is 0 Å². The monoisotopic (exact) mass is 367 g/mol. The predicted molar refractivity (Wildman–Crippen MR) is 100 cm³/mol. The highest BCUT2D eigenvalue weighted by molar-refractivity contribution is 5.68. The van der Waals surface area contributed by atoms with Crippen molar-refractivity contribution in [3.8, 4) is 23.1 Å². The number of hydrogen-bond donors (Lipinski definition) is 2. The molecule has 3 heterocycles. The lowest BCUT2D eigenvalue weighted by atomic mass is 9.82. The number of alkyl halides is 1. The van der Waals surface area contributed by atoms with Crippen molar-refractivity contribution < 1.29 is 9.50 Å². The molecule has 140 valence electrons. The fraction of sp³-hybridized carbons (Fsp3) is 0.450. The lowest BCUT2D eigenvalue weighted by Gasteiger charge is -2.46. The zero-order valence-electron chi connectivity index (χ0n) is 15.1. The Balaban J connectivity index is 1.54. The van der Waals surface area contributed by atoms with E-state index in [0.29, 0.717) is 28.7 Å². The molecule has 0 spiro atoms. The molecule has 4 rings (SSSR count). The molecular formula is C20H22FN5O. The van der Waals surface area contributed by atoms with Crippen LogP contribution < -0.4 is 10.2 Å². The molecule has 2 N–H and O–H groups in total. The van der Waals surface area contributed by atoms with Gasteiger partial charge < -0.3 is 15.3 Å². The molecule has 2 saturated heterocycles. The van der Waals surface area contributed by atoms with Gasteiger partial charge in [-0.25, -0.2) is 4.39 Å². The van der Waals surface area contributed by atoms with E-state index in [-0.39, 0.29) is 17.8 Å². The standard InChI is InChI=1S/C20H22FN5O/c1-26(17-10-13-3-2-4-16(23-13)20(17)21)19-8-7-15(24-25-19)14-6-5-12(11-22)9-18(14)27/h5-9,13,16-17,20,23,27H,2-4,10H2,1H3/t13-,16-,17+,20-/m1/s1. The average molecular weight is 367 g/mol. The van der Waals surface area contributed by atoms with Crippen LogP contribution in [0.4, 0.5) is 10.2 Å². The van der Waals surface area contributed by atoms with E-state index in [9.17, 15) is 9.50 Å². The van der Waals surface area contributed by atoms with Crippen molar-refractivity contribution in [2.24, 2.45) is 0 Å². The number of nitrogens with one attached hydrogen (secondary N) is 1. The summed E-state index contributed by atoms with van der Waals surface area (Å²) in [5.41, 5.74) is 1.40. The maximum atomic E-state index is 14.9. The number of benzene rings is 1. The third-order valence-corrected chi connectivity index (χ3v) is 5.71. The van der Waals surface area contributed by atoms with Crippen LogP contribution in [0.3, 0.4) is 0 Å². The van der Waals surface area contributed by atoms with Gasteiger partial charge in [-0.15, -0.1) is 10.2 Å². The van der Waals surface area contributed by atoms with Crippen molar-refractivity contribution in [1.29, 1.82) is 5.26 Å². The van der Waals surface area contributed by atoms with Gasteiger partial charge in [-0.05, 0) is 49.6 Å². The number of rotatable bonds is 3. The number of fused-ring (bicyclic) bond motifs is 2. The first-order valence-corrected chi connectivity index (χ1v) is 9.27. The summed E-state index contributed by atoms with van der Waals surface area (Å²) in [6.45, 7) is 0. The van der Waals surface area contributed by atoms with E-state index < -0.39 is 6.17 Å². The molecule has 2 bridgehead atoms. The third kappa shape index (κ3) is 3.33. The molecular weight excluding hydrogens is 345 g/mol. The van der Waals surface area contributed by atoms with Crippen molar-refractivity contribution in [3.05, 3.63) is 35.9 Å². The van der Waals surface area contributed by atoms with Crippen molar-refractivity contribution in [1.82, 2.24) is 15.5 Å². The Morgan fingerprint density at radius 1 is 1.26 bits per heavy atom. The number of nitriles is 1. The SMILES string of the molecule is CN(c1ccc(-c2ccc(C#N)cc2O)nn1)[C@H]1C[C@H]2CCC[C@@H](N2)[C@H]1F. The second-order valence-corrected chi connectivity index (χ2v) is 7.38. The van der Waals surface area contributed by atoms with Crippen molar-refractivity contribution >= 4 is 5.82 Å². The summed E-state index contributed by atoms with van der Waals surface area (Å²) < 4.78 is 14.9. The fourth-order valence-corrected chi connectivity index (χ4v) is 4.20. The average Bonchev–Trinajstić information content (AvgIpc) is 2.70. The Labute approximate surface area is 157 Å². The van der Waals surface area contributed by atoms with Crippen molar-refractivity contribution in [2.45, 2.75) is 50.0 Å². The van der Waals surface area contributed by atoms with Gasteiger partial charge in [0.2, 0.25) is 0 Å². The predicted octanol–water partition coefficient (Wildman–Crippen LogP) is 2.78. The van der Waals surface area contributed by atoms with Crippen LogP contribution in [0.1, 0.15) is 31.2 Å². The number of anilines is 1. The highest BCUT2D eigenvalue weighted by Crippen LogP contribution is 2.33. The molecule has 2 aliphatic rings. The molecule has 1 aromatic heterocycles. The van der Waals surface area contributed by atoms with E-state index in [1.807, 2.05) is 18.0 Å². The van der Waals surface area contributed by atoms with Gasteiger partial charge in [0, 0.05) is 24.7 Å². The second-order valence-electron chi connectivity index (χ2n) is 7.38. The maximum Gasteiger partial charge on any atom is 0.151 e. The molecule has 0 radical (unpaired) electrons. The summed E-state index contributed by atoms with van der Waals surface area (Å²) in [5.74, 6) is 0.596. The van der Waals surface area contributed by atoms with Gasteiger partial charge in [-0.3, -0.25) is 0 Å². The number of phenols is 1. The lowest BCUT2D eigenvalue weighted by Crippen LogP contribution is -2.61. The summed E-state index contributed by atoms with van der Waals surface area (Å²) in [4.78, 5) is 1.88. The van der Waals surface area contributed by atoms with Crippen LogP contribution in [-0.4, -0.2) is 46.6 Å². The first-order valence-electron chi connectivity index (χ1n) is 9.27. The quantitative estimate of drug-likeness (QED) is 0.868. The summed E-state index contributed by atoms with van der Waals surface area (Å²) in [5, 5.41) is 30.9. The Morgan fingerprint density at radius 2 is 2.11 bits per heavy atom. The molecule has 2 fully saturated rings. The Kier molecular flexibility index (Phi) is 4.66. The van der Waals surface area contributed by atoms with Gasteiger partial charge in [-0.2, -0.15) is 5.26 Å². The highest BCUT2D eigenvalue weighted by Gasteiger charge is 2.41. The highest BCUT2D eigenvalue weighted by atomic mass is 19.1. The Bertz CT molecular complexity index is 866. The summed E-state index contributed by atoms with van der Waals surface area (Å²) >= 11 is 0. The molecule has 4 atom stereocenters. The topological polar surface area (TPSA) is 85.1 Å². The second kappa shape index (κ2) is 7.12. The summed E-state index contributed by atoms with van der Waals surface area (Å²) in [7, 11) is 1.86. The first-order chi connectivity index (χ1) is 13.1. The van der Waals surface area contributed by atoms with Crippen molar-refractivity contribution in [3.63, 3.8) is 0 Å². The fourth-order valence-electron chi connectivity index (χ4n) is 4.20. The molecule has 0 saturated carbocycles. The van der Waals surface area contributed by atoms with Gasteiger partial charge in [-0.1, -0.05) is 6.42 Å². The van der Waals surface area contributed by atoms with Crippen LogP contribution in [0.5, 0.6) is 5.75 Å². The maximum absolute atomic E-state index is 14.9. The number of hydrogen-bond acceptors (Lipinski definition) is 6. The number of piperidine rings is 2. The van der Waals surface area contributed by atoms with E-state index in [4.69, 9.17) is 5.26 Å². The van der Waals surface area contributed by atoms with Gasteiger partial charge in [0.1, 0.15) is 11.9 Å². The molecule has 0 unspecified atom stereocenters. The molecule has 2 aromatic rings. The molecule has 7 heteroatoms. The Hall–Kier alpha value is -2.72. The van der Waals surface area contributed by atoms with E-state index in [1.165, 1.54) is 6.07 Å². The summed E-state index contributed by atoms with van der Waals surface area (Å²) in [6, 6.07) is 10.3. The zero-order valence-corrected chi connectivity index (χ0v) is 15.1. The minimum absolute atomic E-state index is 0.0144. The smallest absolute Gasteiger partial charge is 0.151 e. The van der Waals surface area contributed by atoms with Gasteiger partial charge in [0.15, 0.2) is 5.82 Å². The molecule has 2 aliphatic heterocycles. The number of phenolic OH excluding ortho intramolecular Hbond substituents is 1. The minimum atomic E-state index is -0.935. The Morgan fingerprint density at radius 3 is 2.81 bits per heavy atom. The van der Waals surface area contributed by atoms with Crippen LogP contribution in [0.2, 0.25) is 0 Å². The van der Waals surface area contributed by atoms with Crippen LogP contribution in [-0.2, 0) is 0 Å². The van der Waals surface area contributed by atoms with E-state index >= 15 is 0 Å². The minimum Gasteiger partial charge on any atom is -0.507 e. The third-order valence-electron chi connectivity index (χ3n) is 5.71. The van der Waals surface area contributed by atoms with Crippen LogP contribution in [0, 0.1) is 11.3 Å². The summed E-state index contributed by atoms with van der Waals surface area (Å²) in [6.07, 6.45) is 2.88. The molecule has 1 aromatic carbocycles. The first kappa shape index (κ1) is 17.7. The number of halogens is 1. The zero-order chi connectivity index (χ0) is 19.0. The largest absolute Gasteiger partial charge is 0.507 e. The van der Waals surface area contributed by atoms with E-state index in [0.717, 1.165) is 25.7 Å². The van der Waals surface area contributed by atoms with Crippen LogP contribution >= 0.6 is 0 Å².